The molecule has 0 bridgehead atoms. The Labute approximate surface area is 117 Å². The lowest BCUT2D eigenvalue weighted by Crippen LogP contribution is -2.44. The quantitative estimate of drug-likeness (QED) is 0.746. The summed E-state index contributed by atoms with van der Waals surface area (Å²) in [5, 5.41) is 3.47. The lowest BCUT2D eigenvalue weighted by atomic mass is 9.98. The minimum absolute atomic E-state index is 0.172. The summed E-state index contributed by atoms with van der Waals surface area (Å²) in [6.07, 6.45) is 6.76. The fourth-order valence-electron chi connectivity index (χ4n) is 3.17. The monoisotopic (exact) mass is 267 g/mol. The van der Waals surface area contributed by atoms with Gasteiger partial charge in [-0.3, -0.25) is 10.1 Å². The summed E-state index contributed by atoms with van der Waals surface area (Å²) in [5.41, 5.74) is -0.172. The molecule has 0 aromatic heterocycles. The summed E-state index contributed by atoms with van der Waals surface area (Å²) >= 11 is 0. The average molecular weight is 267 g/mol. The van der Waals surface area contributed by atoms with E-state index in [-0.39, 0.29) is 5.54 Å². The third kappa shape index (κ3) is 3.29. The number of nitrogens with zero attached hydrogens (tertiary/aromatic N) is 2. The summed E-state index contributed by atoms with van der Waals surface area (Å²) < 4.78 is 0. The van der Waals surface area contributed by atoms with E-state index in [1.165, 1.54) is 19.3 Å². The maximum atomic E-state index is 12.4. The summed E-state index contributed by atoms with van der Waals surface area (Å²) in [6, 6.07) is 0.608. The SMILES string of the molecule is CC(C)N(C)CCCCN1CNC2(CCCC2)C1=O. The van der Waals surface area contributed by atoms with Gasteiger partial charge in [0.05, 0.1) is 12.2 Å². The Morgan fingerprint density at radius 2 is 2.00 bits per heavy atom. The van der Waals surface area contributed by atoms with Crippen LogP contribution >= 0.6 is 0 Å². The van der Waals surface area contributed by atoms with Crippen molar-refractivity contribution in [2.75, 3.05) is 26.8 Å². The number of hydrogen-bond donors (Lipinski definition) is 1. The molecule has 110 valence electrons. The van der Waals surface area contributed by atoms with E-state index < -0.39 is 0 Å². The van der Waals surface area contributed by atoms with Crippen LogP contribution < -0.4 is 5.32 Å². The van der Waals surface area contributed by atoms with Crippen LogP contribution in [0, 0.1) is 0 Å². The Bertz CT molecular complexity index is 311. The van der Waals surface area contributed by atoms with Crippen LogP contribution in [0.15, 0.2) is 0 Å². The van der Waals surface area contributed by atoms with Gasteiger partial charge in [0, 0.05) is 12.6 Å². The van der Waals surface area contributed by atoms with Gasteiger partial charge in [-0.05, 0) is 53.1 Å². The van der Waals surface area contributed by atoms with Crippen LogP contribution in [-0.2, 0) is 4.79 Å². The highest BCUT2D eigenvalue weighted by atomic mass is 16.2. The fourth-order valence-corrected chi connectivity index (χ4v) is 3.17. The molecule has 1 spiro atoms. The normalized spacial score (nSPS) is 22.4. The van der Waals surface area contributed by atoms with Crippen molar-refractivity contribution in [1.82, 2.24) is 15.1 Å². The second-order valence-electron chi connectivity index (χ2n) is 6.47. The molecule has 0 aromatic carbocycles. The topological polar surface area (TPSA) is 35.6 Å². The molecule has 1 heterocycles. The van der Waals surface area contributed by atoms with Crippen LogP contribution in [0.3, 0.4) is 0 Å². The van der Waals surface area contributed by atoms with Gasteiger partial charge in [-0.15, -0.1) is 0 Å². The molecule has 1 saturated carbocycles. The van der Waals surface area contributed by atoms with Gasteiger partial charge in [-0.25, -0.2) is 0 Å². The van der Waals surface area contributed by atoms with E-state index >= 15 is 0 Å². The molecule has 0 aromatic rings. The van der Waals surface area contributed by atoms with Gasteiger partial charge < -0.3 is 9.80 Å². The molecule has 2 aliphatic rings. The molecule has 0 unspecified atom stereocenters. The minimum atomic E-state index is -0.172. The largest absolute Gasteiger partial charge is 0.328 e. The lowest BCUT2D eigenvalue weighted by molar-refractivity contribution is -0.132. The van der Waals surface area contributed by atoms with E-state index in [4.69, 9.17) is 0 Å². The predicted octanol–water partition coefficient (Wildman–Crippen LogP) is 1.81. The van der Waals surface area contributed by atoms with Crippen molar-refractivity contribution >= 4 is 5.91 Å². The smallest absolute Gasteiger partial charge is 0.243 e. The number of carbonyl (C=O) groups is 1. The van der Waals surface area contributed by atoms with Gasteiger partial charge in [-0.1, -0.05) is 12.8 Å². The molecule has 1 aliphatic carbocycles. The van der Waals surface area contributed by atoms with Crippen LogP contribution in [0.1, 0.15) is 52.4 Å². The van der Waals surface area contributed by atoms with Gasteiger partial charge in [0.2, 0.25) is 5.91 Å². The summed E-state index contributed by atoms with van der Waals surface area (Å²) in [7, 11) is 2.17. The highest BCUT2D eigenvalue weighted by Crippen LogP contribution is 2.34. The van der Waals surface area contributed by atoms with Crippen molar-refractivity contribution < 1.29 is 4.79 Å². The molecule has 1 aliphatic heterocycles. The molecule has 1 saturated heterocycles. The average Bonchev–Trinajstić information content (AvgIpc) is 2.97. The van der Waals surface area contributed by atoms with Crippen molar-refractivity contribution in [1.29, 1.82) is 0 Å². The summed E-state index contributed by atoms with van der Waals surface area (Å²) in [4.78, 5) is 16.8. The Balaban J connectivity index is 1.69. The first-order chi connectivity index (χ1) is 9.05. The second-order valence-corrected chi connectivity index (χ2v) is 6.47. The predicted molar refractivity (Wildman–Crippen MR) is 77.9 cm³/mol. The van der Waals surface area contributed by atoms with Crippen LogP contribution in [0.25, 0.3) is 0 Å². The third-order valence-corrected chi connectivity index (χ3v) is 4.83. The Hall–Kier alpha value is -0.610. The van der Waals surface area contributed by atoms with Crippen molar-refractivity contribution in [3.63, 3.8) is 0 Å². The molecule has 2 rings (SSSR count). The first-order valence-corrected chi connectivity index (χ1v) is 7.80. The molecule has 2 fully saturated rings. The van der Waals surface area contributed by atoms with Crippen LogP contribution in [0.2, 0.25) is 0 Å². The van der Waals surface area contributed by atoms with Gasteiger partial charge in [0.1, 0.15) is 0 Å². The van der Waals surface area contributed by atoms with Gasteiger partial charge in [0.15, 0.2) is 0 Å². The van der Waals surface area contributed by atoms with Crippen LogP contribution in [-0.4, -0.2) is 54.1 Å². The number of carbonyl (C=O) groups excluding carboxylic acids is 1. The fraction of sp³-hybridized carbons (Fsp3) is 0.933. The molecular weight excluding hydrogens is 238 g/mol. The zero-order valence-electron chi connectivity index (χ0n) is 12.7. The van der Waals surface area contributed by atoms with E-state index in [1.807, 2.05) is 4.90 Å². The molecule has 4 heteroatoms. The molecule has 0 atom stereocenters. The van der Waals surface area contributed by atoms with E-state index in [0.717, 1.165) is 39.0 Å². The Kier molecular flexibility index (Phi) is 4.85. The highest BCUT2D eigenvalue weighted by Gasteiger charge is 2.47. The molecule has 0 radical (unpaired) electrons. The van der Waals surface area contributed by atoms with Gasteiger partial charge >= 0.3 is 0 Å². The molecule has 4 nitrogen and oxygen atoms in total. The minimum Gasteiger partial charge on any atom is -0.328 e. The van der Waals surface area contributed by atoms with E-state index in [0.29, 0.717) is 11.9 Å². The lowest BCUT2D eigenvalue weighted by Gasteiger charge is -2.23. The maximum absolute atomic E-state index is 12.4. The second kappa shape index (κ2) is 6.23. The number of rotatable bonds is 6. The van der Waals surface area contributed by atoms with Crippen LogP contribution in [0.4, 0.5) is 0 Å². The Morgan fingerprint density at radius 1 is 1.32 bits per heavy atom. The van der Waals surface area contributed by atoms with Crippen LogP contribution in [0.5, 0.6) is 0 Å². The van der Waals surface area contributed by atoms with E-state index in [2.05, 4.69) is 31.1 Å². The van der Waals surface area contributed by atoms with Gasteiger partial charge in [-0.2, -0.15) is 0 Å². The Morgan fingerprint density at radius 3 is 2.63 bits per heavy atom. The first-order valence-electron chi connectivity index (χ1n) is 7.80. The summed E-state index contributed by atoms with van der Waals surface area (Å²) in [6.45, 7) is 7.24. The number of amides is 1. The summed E-state index contributed by atoms with van der Waals surface area (Å²) in [5.74, 6) is 0.363. The van der Waals surface area contributed by atoms with E-state index in [9.17, 15) is 4.79 Å². The highest BCUT2D eigenvalue weighted by molar-refractivity contribution is 5.88. The van der Waals surface area contributed by atoms with Crippen molar-refractivity contribution in [3.8, 4) is 0 Å². The zero-order valence-corrected chi connectivity index (χ0v) is 12.7. The molecule has 19 heavy (non-hydrogen) atoms. The standard InChI is InChI=1S/C15H29N3O/c1-13(2)17(3)10-6-7-11-18-12-16-15(14(18)19)8-4-5-9-15/h13,16H,4-12H2,1-3H3. The van der Waals surface area contributed by atoms with Crippen molar-refractivity contribution in [3.05, 3.63) is 0 Å². The van der Waals surface area contributed by atoms with Crippen molar-refractivity contribution in [2.45, 2.75) is 64.0 Å². The molecule has 1 amide bonds. The number of unbranched alkanes of at least 4 members (excludes halogenated alkanes) is 1. The zero-order chi connectivity index (χ0) is 13.9. The molecular formula is C15H29N3O. The first kappa shape index (κ1) is 14.8. The van der Waals surface area contributed by atoms with E-state index in [1.54, 1.807) is 0 Å². The number of nitrogens with one attached hydrogen (secondary N) is 1. The van der Waals surface area contributed by atoms with Crippen molar-refractivity contribution in [2.24, 2.45) is 0 Å². The number of hydrogen-bond acceptors (Lipinski definition) is 3. The van der Waals surface area contributed by atoms with Gasteiger partial charge in [0.25, 0.3) is 0 Å². The maximum Gasteiger partial charge on any atom is 0.243 e. The third-order valence-electron chi connectivity index (χ3n) is 4.83. The molecule has 1 N–H and O–H groups in total.